The molecule has 3 aliphatic rings. The Morgan fingerprint density at radius 3 is 2.58 bits per heavy atom. The van der Waals surface area contributed by atoms with Crippen molar-refractivity contribution >= 4 is 17.7 Å². The number of ether oxygens (including phenoxy) is 1. The van der Waals surface area contributed by atoms with Crippen LogP contribution in [0.15, 0.2) is 24.3 Å². The molecule has 0 spiro atoms. The van der Waals surface area contributed by atoms with Gasteiger partial charge in [-0.05, 0) is 62.6 Å². The van der Waals surface area contributed by atoms with Gasteiger partial charge in [-0.3, -0.25) is 19.7 Å². The number of carbonyl (C=O) groups is 3. The van der Waals surface area contributed by atoms with Crippen LogP contribution in [0.2, 0.25) is 0 Å². The third-order valence-corrected chi connectivity index (χ3v) is 7.03. The molecule has 1 unspecified atom stereocenters. The van der Waals surface area contributed by atoms with E-state index in [9.17, 15) is 14.4 Å². The average Bonchev–Trinajstić information content (AvgIpc) is 2.82. The number of carbonyl (C=O) groups excluding carboxylic acids is 3. The Labute approximate surface area is 195 Å². The van der Waals surface area contributed by atoms with Crippen molar-refractivity contribution in [1.82, 2.24) is 10.2 Å². The second-order valence-electron chi connectivity index (χ2n) is 9.38. The highest BCUT2D eigenvalue weighted by molar-refractivity contribution is 6.00. The number of hydrogen-bond acceptors (Lipinski definition) is 5. The van der Waals surface area contributed by atoms with Gasteiger partial charge in [-0.15, -0.1) is 0 Å². The minimum absolute atomic E-state index is 0.123. The monoisotopic (exact) mass is 451 g/mol. The molecule has 3 N–H and O–H groups in total. The number of piperidine rings is 2. The van der Waals surface area contributed by atoms with Crippen molar-refractivity contribution in [2.24, 2.45) is 11.7 Å². The van der Waals surface area contributed by atoms with Gasteiger partial charge in [0.05, 0.1) is 12.0 Å². The smallest absolute Gasteiger partial charge is 0.234 e. The van der Waals surface area contributed by atoms with Crippen LogP contribution in [0.25, 0.3) is 0 Å². The van der Waals surface area contributed by atoms with Crippen LogP contribution in [0.3, 0.4) is 0 Å². The van der Waals surface area contributed by atoms with Crippen molar-refractivity contribution in [2.45, 2.75) is 69.4 Å². The molecule has 1 aliphatic carbocycles. The Kier molecular flexibility index (Phi) is 7.79. The molecule has 2 saturated heterocycles. The van der Waals surface area contributed by atoms with E-state index in [0.717, 1.165) is 62.7 Å². The van der Waals surface area contributed by atoms with Gasteiger partial charge in [0.25, 0.3) is 0 Å². The largest absolute Gasteiger partial charge is 0.365 e. The quantitative estimate of drug-likeness (QED) is 0.539. The summed E-state index contributed by atoms with van der Waals surface area (Å²) < 4.78 is 5.94. The fraction of sp³-hybridized carbons (Fsp3) is 0.577. The predicted molar refractivity (Wildman–Crippen MR) is 124 cm³/mol. The molecule has 3 amide bonds. The van der Waals surface area contributed by atoms with Crippen LogP contribution in [-0.4, -0.2) is 54.5 Å². The number of imide groups is 1. The second kappa shape index (κ2) is 11.0. The molecule has 2 aliphatic heterocycles. The number of hydrogen-bond donors (Lipinski definition) is 2. The first kappa shape index (κ1) is 23.5. The summed E-state index contributed by atoms with van der Waals surface area (Å²) in [5.41, 5.74) is 7.67. The zero-order valence-corrected chi connectivity index (χ0v) is 19.1. The molecule has 7 heteroatoms. The minimum atomic E-state index is -0.307. The minimum Gasteiger partial charge on any atom is -0.365 e. The van der Waals surface area contributed by atoms with Crippen LogP contribution in [-0.2, 0) is 19.1 Å². The molecular formula is C26H33N3O4. The lowest BCUT2D eigenvalue weighted by molar-refractivity contribution is -0.139. The zero-order chi connectivity index (χ0) is 23.2. The summed E-state index contributed by atoms with van der Waals surface area (Å²) in [6.45, 7) is 1.82. The normalized spacial score (nSPS) is 26.3. The summed E-state index contributed by atoms with van der Waals surface area (Å²) >= 11 is 0. The molecule has 7 nitrogen and oxygen atoms in total. The molecule has 1 aromatic rings. The first-order valence-electron chi connectivity index (χ1n) is 12.1. The topological polar surface area (TPSA) is 102 Å². The molecule has 1 saturated carbocycles. The second-order valence-corrected chi connectivity index (χ2v) is 9.38. The Bertz CT molecular complexity index is 934. The highest BCUT2D eigenvalue weighted by Gasteiger charge is 2.31. The molecule has 1 atom stereocenters. The molecule has 176 valence electrons. The van der Waals surface area contributed by atoms with E-state index in [1.165, 1.54) is 0 Å². The van der Waals surface area contributed by atoms with Crippen LogP contribution < -0.4 is 11.1 Å². The molecule has 2 heterocycles. The van der Waals surface area contributed by atoms with Crippen molar-refractivity contribution in [1.29, 1.82) is 0 Å². The van der Waals surface area contributed by atoms with Gasteiger partial charge in [0, 0.05) is 37.0 Å². The van der Waals surface area contributed by atoms with Gasteiger partial charge in [-0.25, -0.2) is 0 Å². The van der Waals surface area contributed by atoms with Crippen molar-refractivity contribution in [3.05, 3.63) is 35.4 Å². The Morgan fingerprint density at radius 2 is 1.85 bits per heavy atom. The van der Waals surface area contributed by atoms with Gasteiger partial charge in [0.1, 0.15) is 6.61 Å². The molecule has 33 heavy (non-hydrogen) atoms. The van der Waals surface area contributed by atoms with Crippen LogP contribution in [0, 0.1) is 17.8 Å². The zero-order valence-electron chi connectivity index (χ0n) is 19.1. The highest BCUT2D eigenvalue weighted by atomic mass is 16.5. The van der Waals surface area contributed by atoms with Crippen molar-refractivity contribution in [2.75, 3.05) is 19.7 Å². The first-order chi connectivity index (χ1) is 16.0. The lowest BCUT2D eigenvalue weighted by Crippen LogP contribution is -2.45. The number of nitrogens with zero attached hydrogens (tertiary/aromatic N) is 1. The first-order valence-corrected chi connectivity index (χ1v) is 12.1. The van der Waals surface area contributed by atoms with Gasteiger partial charge < -0.3 is 15.4 Å². The average molecular weight is 452 g/mol. The summed E-state index contributed by atoms with van der Waals surface area (Å²) in [5.74, 6) is 5.86. The highest BCUT2D eigenvalue weighted by Crippen LogP contribution is 2.27. The maximum absolute atomic E-state index is 12.7. The summed E-state index contributed by atoms with van der Waals surface area (Å²) in [7, 11) is 0. The fourth-order valence-electron chi connectivity index (χ4n) is 5.01. The van der Waals surface area contributed by atoms with Crippen LogP contribution >= 0.6 is 0 Å². The number of amides is 3. The van der Waals surface area contributed by atoms with E-state index < -0.39 is 0 Å². The number of nitrogens with two attached hydrogens (primary N) is 1. The summed E-state index contributed by atoms with van der Waals surface area (Å²) in [4.78, 5) is 38.2. The standard InChI is InChI=1S/C26H33N3O4/c27-21-8-6-19(7-9-21)26(32)29-14-12-22(13-15-29)33-16-2-4-18-3-1-5-20(17-18)23-10-11-24(30)28-25(23)31/h1,3,5,17,19,21-23H,6-16,27H2,(H,28,30,31). The number of benzene rings is 1. The lowest BCUT2D eigenvalue weighted by Gasteiger charge is -2.35. The molecule has 0 radical (unpaired) electrons. The van der Waals surface area contributed by atoms with E-state index >= 15 is 0 Å². The van der Waals surface area contributed by atoms with Crippen molar-refractivity contribution < 1.29 is 19.1 Å². The molecule has 0 bridgehead atoms. The summed E-state index contributed by atoms with van der Waals surface area (Å²) in [5, 5.41) is 2.40. The molecule has 3 fully saturated rings. The third kappa shape index (κ3) is 6.21. The molecular weight excluding hydrogens is 418 g/mol. The van der Waals surface area contributed by atoms with E-state index in [0.29, 0.717) is 19.4 Å². The maximum Gasteiger partial charge on any atom is 0.234 e. The summed E-state index contributed by atoms with van der Waals surface area (Å²) in [6, 6.07) is 7.86. The van der Waals surface area contributed by atoms with Crippen LogP contribution in [0.1, 0.15) is 68.4 Å². The fourth-order valence-corrected chi connectivity index (χ4v) is 5.01. The molecule has 1 aromatic carbocycles. The van der Waals surface area contributed by atoms with Crippen molar-refractivity contribution in [3.8, 4) is 11.8 Å². The third-order valence-electron chi connectivity index (χ3n) is 7.03. The number of nitrogens with one attached hydrogen (secondary N) is 1. The van der Waals surface area contributed by atoms with Crippen LogP contribution in [0.4, 0.5) is 0 Å². The Hall–Kier alpha value is -2.69. The van der Waals surface area contributed by atoms with E-state index in [4.69, 9.17) is 10.5 Å². The molecule has 0 aromatic heterocycles. The van der Waals surface area contributed by atoms with Crippen LogP contribution in [0.5, 0.6) is 0 Å². The van der Waals surface area contributed by atoms with Gasteiger partial charge in [0.15, 0.2) is 0 Å². The number of likely N-dealkylation sites (tertiary alicyclic amines) is 1. The number of rotatable bonds is 4. The van der Waals surface area contributed by atoms with Gasteiger partial charge in [-0.1, -0.05) is 24.0 Å². The van der Waals surface area contributed by atoms with E-state index in [2.05, 4.69) is 17.2 Å². The van der Waals surface area contributed by atoms with E-state index in [1.54, 1.807) is 0 Å². The SMILES string of the molecule is NC1CCC(C(=O)N2CCC(OCC#Cc3cccc(C4CCC(=O)NC4=O)c3)CC2)CC1. The van der Waals surface area contributed by atoms with Gasteiger partial charge in [-0.2, -0.15) is 0 Å². The maximum atomic E-state index is 12.7. The van der Waals surface area contributed by atoms with E-state index in [-0.39, 0.29) is 41.7 Å². The predicted octanol–water partition coefficient (Wildman–Crippen LogP) is 2.08. The van der Waals surface area contributed by atoms with Crippen molar-refractivity contribution in [3.63, 3.8) is 0 Å². The Morgan fingerprint density at radius 1 is 1.09 bits per heavy atom. The lowest BCUT2D eigenvalue weighted by atomic mass is 9.85. The molecule has 4 rings (SSSR count). The van der Waals surface area contributed by atoms with Gasteiger partial charge >= 0.3 is 0 Å². The van der Waals surface area contributed by atoms with Gasteiger partial charge in [0.2, 0.25) is 17.7 Å². The van der Waals surface area contributed by atoms with E-state index in [1.807, 2.05) is 29.2 Å². The Balaban J connectivity index is 1.21. The summed E-state index contributed by atoms with van der Waals surface area (Å²) in [6.07, 6.45) is 6.41.